The van der Waals surface area contributed by atoms with Gasteiger partial charge in [0.25, 0.3) is 0 Å². The monoisotopic (exact) mass is 493 g/mol. The lowest BCUT2D eigenvalue weighted by Crippen LogP contribution is -2.68. The molecule has 0 saturated carbocycles. The molecule has 3 heterocycles. The van der Waals surface area contributed by atoms with Crippen molar-refractivity contribution in [1.29, 1.82) is 0 Å². The summed E-state index contributed by atoms with van der Waals surface area (Å²) in [5, 5.41) is 52.9. The Morgan fingerprint density at radius 3 is 2.58 bits per heavy atom. The zero-order valence-corrected chi connectivity index (χ0v) is 19.1. The number of aromatic nitrogens is 1. The summed E-state index contributed by atoms with van der Waals surface area (Å²) in [5.74, 6) is -3.37. The Morgan fingerprint density at radius 1 is 1.06 bits per heavy atom. The van der Waals surface area contributed by atoms with Gasteiger partial charge in [-0.1, -0.05) is 0 Å². The standard InChI is InChI=1S/C26H23NO9/c1-10-6-13-17(15(29)7-10)22(32)19-18(20(13)30)11-3-5-27-8-14(11)12-2-4-26(36-24(12)19)25(34)23(33)21(31)16(9-28)35-26/h3,5-8,16,21,23,25,28-29,31,33-34H,2,4,9H2,1H3. The van der Waals surface area contributed by atoms with Gasteiger partial charge in [0.1, 0.15) is 35.9 Å². The van der Waals surface area contributed by atoms with Crippen molar-refractivity contribution in [2.75, 3.05) is 6.61 Å². The number of rotatable bonds is 1. The van der Waals surface area contributed by atoms with E-state index in [1.165, 1.54) is 12.3 Å². The number of aliphatic hydroxyl groups is 4. The molecule has 10 heteroatoms. The highest BCUT2D eigenvalue weighted by molar-refractivity contribution is 6.34. The normalized spacial score (nSPS) is 29.0. The molecular weight excluding hydrogens is 470 g/mol. The first-order valence-corrected chi connectivity index (χ1v) is 11.6. The predicted octanol–water partition coefficient (Wildman–Crippen LogP) is 0.519. The number of nitrogens with zero attached hydrogens (tertiary/aromatic N) is 1. The Labute approximate surface area is 204 Å². The topological polar surface area (TPSA) is 167 Å². The van der Waals surface area contributed by atoms with Crippen molar-refractivity contribution in [2.24, 2.45) is 0 Å². The summed E-state index contributed by atoms with van der Waals surface area (Å²) >= 11 is 0. The molecule has 186 valence electrons. The van der Waals surface area contributed by atoms with Crippen LogP contribution in [0.25, 0.3) is 10.8 Å². The Bertz CT molecular complexity index is 1470. The molecule has 36 heavy (non-hydrogen) atoms. The second kappa shape index (κ2) is 7.79. The highest BCUT2D eigenvalue weighted by Crippen LogP contribution is 2.49. The molecule has 5 atom stereocenters. The average molecular weight is 493 g/mol. The number of aromatic hydroxyl groups is 1. The van der Waals surface area contributed by atoms with E-state index in [0.29, 0.717) is 21.9 Å². The van der Waals surface area contributed by atoms with Crippen molar-refractivity contribution in [3.05, 3.63) is 64.0 Å². The maximum atomic E-state index is 13.9. The summed E-state index contributed by atoms with van der Waals surface area (Å²) in [6.45, 7) is 1.05. The number of hydrogen-bond acceptors (Lipinski definition) is 10. The molecule has 0 radical (unpaired) electrons. The van der Waals surface area contributed by atoms with E-state index < -0.39 is 48.4 Å². The number of ketones is 2. The second-order valence-corrected chi connectivity index (χ2v) is 9.52. The van der Waals surface area contributed by atoms with E-state index >= 15 is 0 Å². The minimum Gasteiger partial charge on any atom is -0.507 e. The number of phenolic OH excluding ortho intramolecular Hbond substituents is 1. The van der Waals surface area contributed by atoms with Crippen molar-refractivity contribution in [3.8, 4) is 11.5 Å². The van der Waals surface area contributed by atoms with Crippen LogP contribution in [0.5, 0.6) is 11.5 Å². The van der Waals surface area contributed by atoms with E-state index in [1.807, 2.05) is 0 Å². The summed E-state index contributed by atoms with van der Waals surface area (Å²) in [7, 11) is 0. The van der Waals surface area contributed by atoms with Gasteiger partial charge in [0.15, 0.2) is 5.78 Å². The van der Waals surface area contributed by atoms with Crippen LogP contribution >= 0.6 is 0 Å². The molecule has 0 amide bonds. The van der Waals surface area contributed by atoms with E-state index in [1.54, 1.807) is 25.3 Å². The molecule has 3 aromatic rings. The van der Waals surface area contributed by atoms with Gasteiger partial charge in [0.2, 0.25) is 11.6 Å². The van der Waals surface area contributed by atoms with Crippen molar-refractivity contribution < 1.29 is 44.6 Å². The van der Waals surface area contributed by atoms with Crippen molar-refractivity contribution in [1.82, 2.24) is 4.98 Å². The SMILES string of the molecule is Cc1cc(O)c2c(c1)C(=O)c1c(c3c(c4cnccc14)CCC1(O3)OC(CO)C(O)C(O)C1O)C2=O. The van der Waals surface area contributed by atoms with E-state index in [0.717, 1.165) is 0 Å². The van der Waals surface area contributed by atoms with Crippen LogP contribution in [0.3, 0.4) is 0 Å². The van der Waals surface area contributed by atoms with Crippen LogP contribution in [0, 0.1) is 6.92 Å². The molecule has 1 aliphatic carbocycles. The Balaban J connectivity index is 1.62. The fourth-order valence-electron chi connectivity index (χ4n) is 5.65. The van der Waals surface area contributed by atoms with Crippen molar-refractivity contribution in [3.63, 3.8) is 0 Å². The second-order valence-electron chi connectivity index (χ2n) is 9.52. The predicted molar refractivity (Wildman–Crippen MR) is 123 cm³/mol. The van der Waals surface area contributed by atoms with E-state index in [9.17, 15) is 35.1 Å². The maximum Gasteiger partial charge on any atom is 0.240 e. The number of ether oxygens (including phenoxy) is 2. The van der Waals surface area contributed by atoms with Crippen LogP contribution in [0.2, 0.25) is 0 Å². The quantitative estimate of drug-likeness (QED) is 0.252. The molecule has 2 aliphatic heterocycles. The van der Waals surface area contributed by atoms with Gasteiger partial charge in [-0.15, -0.1) is 0 Å². The van der Waals surface area contributed by atoms with E-state index in [2.05, 4.69) is 4.98 Å². The highest BCUT2D eigenvalue weighted by atomic mass is 16.7. The molecule has 10 nitrogen and oxygen atoms in total. The zero-order chi connectivity index (χ0) is 25.5. The first-order valence-electron chi connectivity index (χ1n) is 11.6. The Hall–Kier alpha value is -3.41. The average Bonchev–Trinajstić information content (AvgIpc) is 2.87. The zero-order valence-electron chi connectivity index (χ0n) is 19.1. The minimum absolute atomic E-state index is 0.0212. The number of benzene rings is 2. The number of aliphatic hydroxyl groups excluding tert-OH is 4. The molecule has 5 unspecified atom stereocenters. The number of aryl methyl sites for hydroxylation is 2. The third-order valence-corrected chi connectivity index (χ3v) is 7.39. The Kier molecular flexibility index (Phi) is 4.98. The number of carbonyl (C=O) groups excluding carboxylic acids is 2. The summed E-state index contributed by atoms with van der Waals surface area (Å²) in [4.78, 5) is 31.8. The molecule has 2 aromatic carbocycles. The molecule has 5 N–H and O–H groups in total. The third-order valence-electron chi connectivity index (χ3n) is 7.39. The molecule has 6 rings (SSSR count). The van der Waals surface area contributed by atoms with Crippen LogP contribution in [-0.2, 0) is 11.2 Å². The number of carbonyl (C=O) groups is 2. The van der Waals surface area contributed by atoms with E-state index in [-0.39, 0.29) is 46.6 Å². The van der Waals surface area contributed by atoms with Crippen molar-refractivity contribution >= 4 is 22.3 Å². The minimum atomic E-state index is -1.90. The highest BCUT2D eigenvalue weighted by Gasteiger charge is 2.57. The molecular formula is C26H23NO9. The van der Waals surface area contributed by atoms with E-state index in [4.69, 9.17) is 9.47 Å². The molecule has 1 aromatic heterocycles. The smallest absolute Gasteiger partial charge is 0.240 e. The summed E-state index contributed by atoms with van der Waals surface area (Å²) in [5.41, 5.74) is 1.07. The molecule has 1 saturated heterocycles. The van der Waals surface area contributed by atoms with Gasteiger partial charge in [-0.3, -0.25) is 14.6 Å². The van der Waals surface area contributed by atoms with Gasteiger partial charge in [-0.2, -0.15) is 0 Å². The fraction of sp³-hybridized carbons (Fsp3) is 0.346. The maximum absolute atomic E-state index is 13.9. The first kappa shape index (κ1) is 23.0. The number of fused-ring (bicyclic) bond motifs is 7. The van der Waals surface area contributed by atoms with Gasteiger partial charge in [0, 0.05) is 40.9 Å². The van der Waals surface area contributed by atoms with Crippen LogP contribution in [0.15, 0.2) is 30.6 Å². The van der Waals surface area contributed by atoms with Crippen LogP contribution in [-0.4, -0.2) is 78.9 Å². The van der Waals surface area contributed by atoms with Gasteiger partial charge < -0.3 is 35.0 Å². The molecule has 0 bridgehead atoms. The van der Waals surface area contributed by atoms with Crippen LogP contribution in [0.1, 0.15) is 49.4 Å². The lowest BCUT2D eigenvalue weighted by Gasteiger charge is -2.50. The number of hydrogen-bond donors (Lipinski definition) is 5. The van der Waals surface area contributed by atoms with Gasteiger partial charge in [0.05, 0.1) is 17.7 Å². The Morgan fingerprint density at radius 2 is 1.83 bits per heavy atom. The molecule has 1 fully saturated rings. The fourth-order valence-corrected chi connectivity index (χ4v) is 5.65. The summed E-state index contributed by atoms with van der Waals surface area (Å²) in [6, 6.07) is 4.58. The van der Waals surface area contributed by atoms with Crippen LogP contribution < -0.4 is 4.74 Å². The molecule has 3 aliphatic rings. The number of phenols is 1. The third kappa shape index (κ3) is 2.93. The van der Waals surface area contributed by atoms with Gasteiger partial charge >= 0.3 is 0 Å². The lowest BCUT2D eigenvalue weighted by atomic mass is 9.77. The number of pyridine rings is 1. The van der Waals surface area contributed by atoms with Gasteiger partial charge in [-0.05, 0) is 42.5 Å². The lowest BCUT2D eigenvalue weighted by molar-refractivity contribution is -0.342. The molecule has 1 spiro atoms. The van der Waals surface area contributed by atoms with Crippen molar-refractivity contribution in [2.45, 2.75) is 50.0 Å². The summed E-state index contributed by atoms with van der Waals surface area (Å²) in [6.07, 6.45) is -2.94. The first-order chi connectivity index (χ1) is 17.2. The van der Waals surface area contributed by atoms with Crippen LogP contribution in [0.4, 0.5) is 0 Å². The summed E-state index contributed by atoms with van der Waals surface area (Å²) < 4.78 is 12.0. The van der Waals surface area contributed by atoms with Gasteiger partial charge in [-0.25, -0.2) is 0 Å². The largest absolute Gasteiger partial charge is 0.507 e.